The molecule has 0 atom stereocenters. The Bertz CT molecular complexity index is 1600. The lowest BCUT2D eigenvalue weighted by atomic mass is 9.85. The molecule has 0 aliphatic heterocycles. The number of pyridine rings is 1. The number of benzene rings is 2. The van der Waals surface area contributed by atoms with Crippen molar-refractivity contribution >= 4 is 28.9 Å². The van der Waals surface area contributed by atoms with Crippen LogP contribution in [0.25, 0.3) is 22.3 Å². The number of aryl methyl sites for hydroxylation is 1. The molecule has 2 aromatic carbocycles. The van der Waals surface area contributed by atoms with Gasteiger partial charge in [-0.2, -0.15) is 0 Å². The number of nitrogens with one attached hydrogen (secondary N) is 1. The highest BCUT2D eigenvalue weighted by Crippen LogP contribution is 2.31. The first kappa shape index (κ1) is 32.2. The summed E-state index contributed by atoms with van der Waals surface area (Å²) in [5.74, 6) is 2.84. The summed E-state index contributed by atoms with van der Waals surface area (Å²) in [7, 11) is 0. The van der Waals surface area contributed by atoms with Crippen molar-refractivity contribution in [3.8, 4) is 16.9 Å². The number of carbonyl (C=O) groups is 2. The predicted molar refractivity (Wildman–Crippen MR) is 179 cm³/mol. The van der Waals surface area contributed by atoms with Crippen LogP contribution in [0.1, 0.15) is 90.4 Å². The van der Waals surface area contributed by atoms with Gasteiger partial charge in [-0.05, 0) is 69.4 Å². The molecule has 8 nitrogen and oxygen atoms in total. The molecule has 0 radical (unpaired) electrons. The summed E-state index contributed by atoms with van der Waals surface area (Å²) in [4.78, 5) is 34.9. The number of para-hydroxylation sites is 1. The highest BCUT2D eigenvalue weighted by Gasteiger charge is 2.21. The van der Waals surface area contributed by atoms with Crippen LogP contribution >= 0.6 is 0 Å². The van der Waals surface area contributed by atoms with Gasteiger partial charge >= 0.3 is 6.16 Å². The number of anilines is 1. The van der Waals surface area contributed by atoms with Gasteiger partial charge in [0.1, 0.15) is 34.3 Å². The second-order valence-corrected chi connectivity index (χ2v) is 13.0. The van der Waals surface area contributed by atoms with E-state index in [-0.39, 0.29) is 5.92 Å². The molecule has 1 saturated carbocycles. The van der Waals surface area contributed by atoms with Crippen LogP contribution in [0, 0.1) is 5.92 Å². The van der Waals surface area contributed by atoms with E-state index in [0.717, 1.165) is 71.6 Å². The minimum atomic E-state index is -0.727. The third-order valence-electron chi connectivity index (χ3n) is 8.24. The standard InChI is InChI=1S/C37H46N4O4/c1-5-6-16-34-39-30-21-22-33(38-24-23-31(42)28-12-8-7-9-13-28)40-35(30)41(34)25-26-17-19-27(20-18-26)29-14-10-11-15-32(29)44-36(43)45-37(2,3)4/h10-11,14-15,17-22,28H,5-9,12-13,16,23-25H2,1-4H3,(H,38,40). The molecule has 0 saturated heterocycles. The molecule has 0 unspecified atom stereocenters. The fourth-order valence-electron chi connectivity index (χ4n) is 5.91. The Balaban J connectivity index is 1.32. The minimum absolute atomic E-state index is 0.232. The van der Waals surface area contributed by atoms with Crippen molar-refractivity contribution in [2.75, 3.05) is 11.9 Å². The van der Waals surface area contributed by atoms with Gasteiger partial charge in [-0.15, -0.1) is 0 Å². The summed E-state index contributed by atoms with van der Waals surface area (Å²) in [6.45, 7) is 8.83. The first-order valence-electron chi connectivity index (χ1n) is 16.4. The highest BCUT2D eigenvalue weighted by atomic mass is 16.7. The summed E-state index contributed by atoms with van der Waals surface area (Å²) < 4.78 is 13.1. The molecule has 238 valence electrons. The molecular weight excluding hydrogens is 564 g/mol. The largest absolute Gasteiger partial charge is 0.514 e. The zero-order chi connectivity index (χ0) is 31.8. The molecule has 1 aliphatic carbocycles. The van der Waals surface area contributed by atoms with Crippen molar-refractivity contribution in [3.63, 3.8) is 0 Å². The number of ketones is 1. The lowest BCUT2D eigenvalue weighted by Gasteiger charge is -2.20. The summed E-state index contributed by atoms with van der Waals surface area (Å²) >= 11 is 0. The number of carbonyl (C=O) groups excluding carboxylic acids is 2. The van der Waals surface area contributed by atoms with Gasteiger partial charge in [-0.25, -0.2) is 14.8 Å². The Morgan fingerprint density at radius 3 is 2.44 bits per heavy atom. The molecule has 1 N–H and O–H groups in total. The van der Waals surface area contributed by atoms with E-state index in [1.165, 1.54) is 19.3 Å². The van der Waals surface area contributed by atoms with E-state index in [2.05, 4.69) is 28.9 Å². The number of ether oxygens (including phenoxy) is 2. The second-order valence-electron chi connectivity index (χ2n) is 13.0. The third-order valence-corrected chi connectivity index (χ3v) is 8.24. The molecule has 0 spiro atoms. The zero-order valence-electron chi connectivity index (χ0n) is 27.1. The number of hydrogen-bond acceptors (Lipinski definition) is 7. The first-order chi connectivity index (χ1) is 21.7. The average Bonchev–Trinajstić information content (AvgIpc) is 3.36. The molecule has 0 amide bonds. The second kappa shape index (κ2) is 14.7. The van der Waals surface area contributed by atoms with Gasteiger partial charge < -0.3 is 19.4 Å². The van der Waals surface area contributed by atoms with Gasteiger partial charge in [0.05, 0.1) is 6.54 Å². The predicted octanol–water partition coefficient (Wildman–Crippen LogP) is 8.75. The Morgan fingerprint density at radius 2 is 1.71 bits per heavy atom. The van der Waals surface area contributed by atoms with E-state index in [0.29, 0.717) is 31.0 Å². The van der Waals surface area contributed by atoms with Gasteiger partial charge in [-0.1, -0.05) is 75.1 Å². The maximum atomic E-state index is 12.7. The number of rotatable bonds is 12. The molecule has 1 aliphatic rings. The van der Waals surface area contributed by atoms with Crippen molar-refractivity contribution in [2.24, 2.45) is 5.92 Å². The monoisotopic (exact) mass is 610 g/mol. The van der Waals surface area contributed by atoms with E-state index in [9.17, 15) is 9.59 Å². The van der Waals surface area contributed by atoms with Gasteiger partial charge in [0, 0.05) is 30.9 Å². The van der Waals surface area contributed by atoms with Gasteiger partial charge in [0.15, 0.2) is 5.65 Å². The molecular formula is C37H46N4O4. The van der Waals surface area contributed by atoms with Crippen LogP contribution in [-0.4, -0.2) is 38.6 Å². The normalized spacial score (nSPS) is 14.0. The fraction of sp³-hybridized carbons (Fsp3) is 0.459. The number of nitrogens with zero attached hydrogens (tertiary/aromatic N) is 3. The SMILES string of the molecule is CCCCc1nc2ccc(NCCC(=O)C3CCCCC3)nc2n1Cc1ccc(-c2ccccc2OC(=O)OC(C)(C)C)cc1. The number of unbranched alkanes of at least 4 members (excludes halogenated alkanes) is 1. The molecule has 8 heteroatoms. The van der Waals surface area contributed by atoms with Crippen molar-refractivity contribution in [3.05, 3.63) is 72.1 Å². The number of aromatic nitrogens is 3. The van der Waals surface area contributed by atoms with Gasteiger partial charge in [0.2, 0.25) is 0 Å². The Hall–Kier alpha value is -4.20. The van der Waals surface area contributed by atoms with Crippen LogP contribution in [0.3, 0.4) is 0 Å². The number of hydrogen-bond donors (Lipinski definition) is 1. The van der Waals surface area contributed by atoms with Crippen LogP contribution in [0.4, 0.5) is 10.6 Å². The van der Waals surface area contributed by atoms with Crippen LogP contribution < -0.4 is 10.1 Å². The number of imidazole rings is 1. The smallest absolute Gasteiger partial charge is 0.428 e. The van der Waals surface area contributed by atoms with E-state index in [4.69, 9.17) is 19.4 Å². The zero-order valence-corrected chi connectivity index (χ0v) is 27.1. The molecule has 5 rings (SSSR count). The van der Waals surface area contributed by atoms with E-state index in [1.54, 1.807) is 6.07 Å². The Labute approximate surface area is 266 Å². The molecule has 2 aromatic heterocycles. The number of fused-ring (bicyclic) bond motifs is 1. The summed E-state index contributed by atoms with van der Waals surface area (Å²) in [5.41, 5.74) is 3.93. The van der Waals surface area contributed by atoms with Crippen molar-refractivity contribution in [2.45, 2.75) is 97.6 Å². The van der Waals surface area contributed by atoms with Gasteiger partial charge in [-0.3, -0.25) is 4.79 Å². The van der Waals surface area contributed by atoms with Crippen LogP contribution in [0.2, 0.25) is 0 Å². The Morgan fingerprint density at radius 1 is 0.956 bits per heavy atom. The summed E-state index contributed by atoms with van der Waals surface area (Å²) in [6, 6.07) is 19.7. The molecule has 45 heavy (non-hydrogen) atoms. The highest BCUT2D eigenvalue weighted by molar-refractivity contribution is 5.81. The van der Waals surface area contributed by atoms with Crippen molar-refractivity contribution in [1.82, 2.24) is 14.5 Å². The molecule has 0 bridgehead atoms. The fourth-order valence-corrected chi connectivity index (χ4v) is 5.91. The van der Waals surface area contributed by atoms with Crippen LogP contribution in [0.15, 0.2) is 60.7 Å². The third kappa shape index (κ3) is 8.71. The quantitative estimate of drug-likeness (QED) is 0.127. The van der Waals surface area contributed by atoms with Crippen LogP contribution in [-0.2, 0) is 22.5 Å². The number of Topliss-reactive ketones (excluding diaryl/α,β-unsaturated/α-hetero) is 1. The molecule has 2 heterocycles. The maximum absolute atomic E-state index is 12.7. The summed E-state index contributed by atoms with van der Waals surface area (Å²) in [5, 5.41) is 3.39. The average molecular weight is 611 g/mol. The lowest BCUT2D eigenvalue weighted by Crippen LogP contribution is -2.26. The maximum Gasteiger partial charge on any atom is 0.514 e. The van der Waals surface area contributed by atoms with Crippen LogP contribution in [0.5, 0.6) is 5.75 Å². The first-order valence-corrected chi connectivity index (χ1v) is 16.4. The van der Waals surface area contributed by atoms with E-state index < -0.39 is 11.8 Å². The van der Waals surface area contributed by atoms with Crippen molar-refractivity contribution < 1.29 is 19.1 Å². The Kier molecular flexibility index (Phi) is 10.5. The summed E-state index contributed by atoms with van der Waals surface area (Å²) in [6.07, 6.45) is 8.48. The molecule has 4 aromatic rings. The van der Waals surface area contributed by atoms with Crippen molar-refractivity contribution in [1.29, 1.82) is 0 Å². The minimum Gasteiger partial charge on any atom is -0.428 e. The van der Waals surface area contributed by atoms with Gasteiger partial charge in [0.25, 0.3) is 0 Å². The topological polar surface area (TPSA) is 95.3 Å². The lowest BCUT2D eigenvalue weighted by molar-refractivity contribution is -0.123. The van der Waals surface area contributed by atoms with E-state index in [1.807, 2.05) is 63.2 Å². The van der Waals surface area contributed by atoms with E-state index >= 15 is 0 Å². The molecule has 1 fully saturated rings.